The van der Waals surface area contributed by atoms with E-state index in [-0.39, 0.29) is 41.0 Å². The van der Waals surface area contributed by atoms with Crippen molar-refractivity contribution < 1.29 is 24.2 Å². The minimum absolute atomic E-state index is 0.0108. The highest BCUT2D eigenvalue weighted by molar-refractivity contribution is 6.17. The summed E-state index contributed by atoms with van der Waals surface area (Å²) in [6, 6.07) is 7.83. The van der Waals surface area contributed by atoms with Crippen LogP contribution in [0.15, 0.2) is 47.9 Å². The van der Waals surface area contributed by atoms with Gasteiger partial charge in [0.2, 0.25) is 0 Å². The molecule has 3 unspecified atom stereocenters. The zero-order chi connectivity index (χ0) is 21.7. The van der Waals surface area contributed by atoms with E-state index in [0.29, 0.717) is 17.0 Å². The van der Waals surface area contributed by atoms with E-state index in [2.05, 4.69) is 4.98 Å². The molecule has 1 amide bonds. The molecule has 1 fully saturated rings. The van der Waals surface area contributed by atoms with Crippen molar-refractivity contribution in [2.75, 3.05) is 12.0 Å². The molecule has 31 heavy (non-hydrogen) atoms. The Morgan fingerprint density at radius 1 is 1.16 bits per heavy atom. The van der Waals surface area contributed by atoms with Crippen molar-refractivity contribution in [1.29, 1.82) is 0 Å². The number of anilines is 1. The fourth-order valence-corrected chi connectivity index (χ4v) is 4.86. The van der Waals surface area contributed by atoms with Gasteiger partial charge in [0.1, 0.15) is 11.9 Å². The quantitative estimate of drug-likeness (QED) is 0.816. The summed E-state index contributed by atoms with van der Waals surface area (Å²) in [5.74, 6) is 0.229. The normalized spacial score (nSPS) is 25.2. The summed E-state index contributed by atoms with van der Waals surface area (Å²) in [5.41, 5.74) is 2.00. The van der Waals surface area contributed by atoms with Crippen LogP contribution in [0.25, 0.3) is 0 Å². The van der Waals surface area contributed by atoms with Gasteiger partial charge in [-0.2, -0.15) is 0 Å². The van der Waals surface area contributed by atoms with Crippen molar-refractivity contribution >= 4 is 17.5 Å². The summed E-state index contributed by atoms with van der Waals surface area (Å²) in [4.78, 5) is 33.1. The van der Waals surface area contributed by atoms with Crippen LogP contribution in [0.1, 0.15) is 42.9 Å². The lowest BCUT2D eigenvalue weighted by Crippen LogP contribution is -2.39. The first kappa shape index (κ1) is 19.6. The number of carbonyl (C=O) groups excluding carboxylic acids is 2. The fourth-order valence-electron chi connectivity index (χ4n) is 4.86. The highest BCUT2D eigenvalue weighted by Gasteiger charge is 2.52. The van der Waals surface area contributed by atoms with E-state index in [1.807, 2.05) is 13.0 Å². The Morgan fingerprint density at radius 3 is 2.71 bits per heavy atom. The number of aryl methyl sites for hydroxylation is 1. The minimum Gasteiger partial charge on any atom is -0.504 e. The van der Waals surface area contributed by atoms with Crippen LogP contribution in [0.3, 0.4) is 0 Å². The number of ketones is 1. The number of phenols is 1. The number of methoxy groups -OCH3 is 1. The van der Waals surface area contributed by atoms with Crippen molar-refractivity contribution in [2.24, 2.45) is 5.92 Å². The smallest absolute Gasteiger partial charge is 0.295 e. The largest absolute Gasteiger partial charge is 0.504 e. The molecule has 160 valence electrons. The molecule has 1 aromatic heterocycles. The fraction of sp³-hybridized carbons (Fsp3) is 0.375. The van der Waals surface area contributed by atoms with E-state index >= 15 is 0 Å². The first-order chi connectivity index (χ1) is 15.0. The van der Waals surface area contributed by atoms with Crippen LogP contribution in [0.2, 0.25) is 0 Å². The molecule has 2 aliphatic heterocycles. The average molecular weight is 420 g/mol. The Morgan fingerprint density at radius 2 is 1.97 bits per heavy atom. The van der Waals surface area contributed by atoms with Crippen molar-refractivity contribution in [1.82, 2.24) is 4.98 Å². The summed E-state index contributed by atoms with van der Waals surface area (Å²) in [6.07, 6.45) is 4.96. The lowest BCUT2D eigenvalue weighted by atomic mass is 9.77. The summed E-state index contributed by atoms with van der Waals surface area (Å²) in [5, 5.41) is 10.1. The van der Waals surface area contributed by atoms with Crippen LogP contribution in [0.4, 0.5) is 5.82 Å². The van der Waals surface area contributed by atoms with E-state index in [0.717, 1.165) is 31.2 Å². The van der Waals surface area contributed by atoms with E-state index in [1.165, 1.54) is 18.1 Å². The average Bonchev–Trinajstić information content (AvgIpc) is 3.07. The van der Waals surface area contributed by atoms with E-state index < -0.39 is 6.04 Å². The van der Waals surface area contributed by atoms with Crippen LogP contribution in [-0.2, 0) is 14.3 Å². The maximum absolute atomic E-state index is 13.6. The van der Waals surface area contributed by atoms with E-state index in [9.17, 15) is 14.7 Å². The third-order valence-electron chi connectivity index (χ3n) is 6.43. The predicted molar refractivity (Wildman–Crippen MR) is 113 cm³/mol. The number of benzene rings is 1. The molecule has 3 atom stereocenters. The van der Waals surface area contributed by atoms with Crippen LogP contribution < -0.4 is 9.64 Å². The zero-order valence-electron chi connectivity index (χ0n) is 17.5. The molecule has 0 radical (unpaired) electrons. The number of nitrogens with zero attached hydrogens (tertiary/aromatic N) is 2. The molecule has 1 aliphatic carbocycles. The summed E-state index contributed by atoms with van der Waals surface area (Å²) < 4.78 is 11.4. The number of aromatic nitrogens is 1. The second-order valence-corrected chi connectivity index (χ2v) is 8.36. The number of Topliss-reactive ketones (excluding diaryl/α,β-unsaturated/α-hetero) is 1. The third-order valence-corrected chi connectivity index (χ3v) is 6.43. The van der Waals surface area contributed by atoms with Crippen LogP contribution in [-0.4, -0.2) is 35.0 Å². The molecule has 2 aromatic rings. The Kier molecular flexibility index (Phi) is 4.68. The first-order valence-corrected chi connectivity index (χ1v) is 10.6. The molecule has 0 bridgehead atoms. The number of carbonyl (C=O) groups is 2. The monoisotopic (exact) mass is 420 g/mol. The van der Waals surface area contributed by atoms with Crippen molar-refractivity contribution in [3.8, 4) is 11.5 Å². The predicted octanol–water partition coefficient (Wildman–Crippen LogP) is 3.60. The molecule has 3 aliphatic rings. The van der Waals surface area contributed by atoms with E-state index in [1.54, 1.807) is 24.4 Å². The first-order valence-electron chi connectivity index (χ1n) is 10.6. The molecular formula is C24H24N2O5. The number of amides is 1. The number of ether oxygens (including phenoxy) is 2. The number of rotatable bonds is 3. The third kappa shape index (κ3) is 3.07. The molecule has 1 N–H and O–H groups in total. The Labute approximate surface area is 180 Å². The summed E-state index contributed by atoms with van der Waals surface area (Å²) in [6.45, 7) is 1.92. The van der Waals surface area contributed by atoms with Gasteiger partial charge >= 0.3 is 0 Å². The maximum atomic E-state index is 13.6. The molecule has 1 saturated carbocycles. The van der Waals surface area contributed by atoms with Crippen LogP contribution >= 0.6 is 0 Å². The SMILES string of the molecule is COc1cc(C2C3=C(OC4CCCCC4C3=O)C(=O)N2c2ccc(C)cn2)ccc1O. The van der Waals surface area contributed by atoms with Gasteiger partial charge in [0.15, 0.2) is 23.0 Å². The molecular weight excluding hydrogens is 396 g/mol. The number of phenolic OH excluding ortho intramolecular Hbond substituents is 1. The Hall–Kier alpha value is -3.35. The van der Waals surface area contributed by atoms with Gasteiger partial charge in [-0.15, -0.1) is 0 Å². The van der Waals surface area contributed by atoms with Gasteiger partial charge in [-0.3, -0.25) is 14.5 Å². The molecule has 0 saturated heterocycles. The minimum atomic E-state index is -0.692. The Bertz CT molecular complexity index is 1090. The zero-order valence-corrected chi connectivity index (χ0v) is 17.5. The molecule has 1 aromatic carbocycles. The maximum Gasteiger partial charge on any atom is 0.295 e. The van der Waals surface area contributed by atoms with Crippen molar-refractivity contribution in [3.63, 3.8) is 0 Å². The van der Waals surface area contributed by atoms with E-state index in [4.69, 9.17) is 9.47 Å². The number of hydrogen-bond acceptors (Lipinski definition) is 6. The second-order valence-electron chi connectivity index (χ2n) is 8.36. The lowest BCUT2D eigenvalue weighted by Gasteiger charge is -2.35. The lowest BCUT2D eigenvalue weighted by molar-refractivity contribution is -0.131. The number of hydrogen-bond donors (Lipinski definition) is 1. The van der Waals surface area contributed by atoms with Gasteiger partial charge in [-0.25, -0.2) is 4.98 Å². The highest BCUT2D eigenvalue weighted by atomic mass is 16.5. The Balaban J connectivity index is 1.67. The van der Waals surface area contributed by atoms with Crippen molar-refractivity contribution in [3.05, 3.63) is 59.0 Å². The van der Waals surface area contributed by atoms with Gasteiger partial charge in [-0.05, 0) is 55.5 Å². The molecule has 3 heterocycles. The van der Waals surface area contributed by atoms with Gasteiger partial charge in [0, 0.05) is 6.20 Å². The van der Waals surface area contributed by atoms with Crippen molar-refractivity contribution in [2.45, 2.75) is 44.8 Å². The van der Waals surface area contributed by atoms with Gasteiger partial charge in [-0.1, -0.05) is 18.6 Å². The number of fused-ring (bicyclic) bond motifs is 1. The standard InChI is InChI=1S/C24H24N2O5/c1-13-7-10-19(25-12-13)26-21(14-8-9-16(27)18(11-14)30-2)20-22(28)15-5-3-4-6-17(15)31-23(20)24(26)29/h7-12,15,17,21,27H,3-6H2,1-2H3. The van der Waals surface area contributed by atoms with Gasteiger partial charge in [0.05, 0.1) is 24.6 Å². The highest BCUT2D eigenvalue weighted by Crippen LogP contribution is 2.48. The molecule has 0 spiro atoms. The molecule has 7 heteroatoms. The number of pyridine rings is 1. The topological polar surface area (TPSA) is 89.0 Å². The van der Waals surface area contributed by atoms with Crippen LogP contribution in [0, 0.1) is 12.8 Å². The van der Waals surface area contributed by atoms with Gasteiger partial charge < -0.3 is 14.6 Å². The van der Waals surface area contributed by atoms with Gasteiger partial charge in [0.25, 0.3) is 5.91 Å². The second kappa shape index (κ2) is 7.41. The summed E-state index contributed by atoms with van der Waals surface area (Å²) >= 11 is 0. The molecule has 5 rings (SSSR count). The number of aromatic hydroxyl groups is 1. The summed E-state index contributed by atoms with van der Waals surface area (Å²) in [7, 11) is 1.46. The van der Waals surface area contributed by atoms with Crippen LogP contribution in [0.5, 0.6) is 11.5 Å². The molecule has 7 nitrogen and oxygen atoms in total.